The molecule has 86 valence electrons. The van der Waals surface area contributed by atoms with E-state index in [-0.39, 0.29) is 6.10 Å². The molecule has 2 aromatic heterocycles. The van der Waals surface area contributed by atoms with Crippen LogP contribution < -0.4 is 4.90 Å². The maximum absolute atomic E-state index is 9.45. The molecule has 2 aromatic rings. The van der Waals surface area contributed by atoms with Crippen molar-refractivity contribution in [2.24, 2.45) is 0 Å². The highest BCUT2D eigenvalue weighted by Gasteiger charge is 2.20. The largest absolute Gasteiger partial charge is 0.393 e. The number of aromatic nitrogens is 3. The molecular weight excluding hydrogens is 339 g/mol. The third kappa shape index (κ3) is 1.91. The van der Waals surface area contributed by atoms with Gasteiger partial charge in [0.15, 0.2) is 0 Å². The lowest BCUT2D eigenvalue weighted by atomic mass is 10.1. The molecule has 1 aliphatic heterocycles. The fraction of sp³-hybridized carbons (Fsp3) is 0.556. The summed E-state index contributed by atoms with van der Waals surface area (Å²) in [5.74, 6) is 0. The molecule has 0 bridgehead atoms. The lowest BCUT2D eigenvalue weighted by Crippen LogP contribution is -2.35. The molecule has 0 saturated carbocycles. The van der Waals surface area contributed by atoms with Gasteiger partial charge in [0.25, 0.3) is 0 Å². The maximum Gasteiger partial charge on any atom is 0.214 e. The number of nitrogens with zero attached hydrogens (tertiary/aromatic N) is 4. The van der Waals surface area contributed by atoms with Gasteiger partial charge in [-0.2, -0.15) is 0 Å². The van der Waals surface area contributed by atoms with Crippen molar-refractivity contribution in [1.29, 1.82) is 0 Å². The summed E-state index contributed by atoms with van der Waals surface area (Å²) >= 11 is 3.79. The van der Waals surface area contributed by atoms with Gasteiger partial charge in [0.2, 0.25) is 10.1 Å². The number of piperidine rings is 1. The molecule has 0 amide bonds. The Bertz CT molecular complexity index is 471. The summed E-state index contributed by atoms with van der Waals surface area (Å²) in [5, 5.41) is 14.9. The van der Waals surface area contributed by atoms with Crippen molar-refractivity contribution in [2.45, 2.75) is 18.9 Å². The fourth-order valence-corrected chi connectivity index (χ4v) is 3.44. The van der Waals surface area contributed by atoms with Gasteiger partial charge < -0.3 is 10.0 Å². The van der Waals surface area contributed by atoms with E-state index in [9.17, 15) is 5.11 Å². The van der Waals surface area contributed by atoms with Crippen LogP contribution in [0, 0.1) is 3.70 Å². The van der Waals surface area contributed by atoms with Crippen LogP contribution in [-0.2, 0) is 0 Å². The van der Waals surface area contributed by atoms with E-state index in [1.807, 2.05) is 10.7 Å². The molecule has 16 heavy (non-hydrogen) atoms. The highest BCUT2D eigenvalue weighted by atomic mass is 127. The second-order valence-electron chi connectivity index (χ2n) is 3.89. The molecule has 0 aromatic carbocycles. The van der Waals surface area contributed by atoms with Gasteiger partial charge in [-0.3, -0.25) is 0 Å². The van der Waals surface area contributed by atoms with Gasteiger partial charge >= 0.3 is 0 Å². The minimum absolute atomic E-state index is 0.138. The molecule has 1 N–H and O–H groups in total. The first kappa shape index (κ1) is 10.7. The van der Waals surface area contributed by atoms with E-state index in [0.29, 0.717) is 0 Å². The molecular formula is C9H11IN4OS. The van der Waals surface area contributed by atoms with E-state index in [1.54, 1.807) is 11.3 Å². The van der Waals surface area contributed by atoms with Crippen LogP contribution in [0.25, 0.3) is 4.96 Å². The fourth-order valence-electron chi connectivity index (χ4n) is 1.85. The second-order valence-corrected chi connectivity index (χ2v) is 5.93. The third-order valence-electron chi connectivity index (χ3n) is 2.74. The van der Waals surface area contributed by atoms with E-state index in [0.717, 1.165) is 39.7 Å². The molecule has 1 aliphatic rings. The minimum atomic E-state index is -0.138. The molecule has 0 atom stereocenters. The van der Waals surface area contributed by atoms with Gasteiger partial charge in [-0.05, 0) is 35.4 Å². The molecule has 3 rings (SSSR count). The first-order valence-corrected chi connectivity index (χ1v) is 7.06. The molecule has 7 heteroatoms. The quantitative estimate of drug-likeness (QED) is 0.790. The average Bonchev–Trinajstić information content (AvgIpc) is 2.75. The van der Waals surface area contributed by atoms with Crippen LogP contribution in [0.2, 0.25) is 0 Å². The van der Waals surface area contributed by atoms with Crippen molar-refractivity contribution < 1.29 is 5.11 Å². The molecule has 0 spiro atoms. The molecule has 0 unspecified atom stereocenters. The Kier molecular flexibility index (Phi) is 2.76. The van der Waals surface area contributed by atoms with Crippen molar-refractivity contribution in [3.8, 4) is 0 Å². The van der Waals surface area contributed by atoms with Gasteiger partial charge in [-0.25, -0.2) is 9.50 Å². The van der Waals surface area contributed by atoms with Crippen LogP contribution in [0.5, 0.6) is 0 Å². The summed E-state index contributed by atoms with van der Waals surface area (Å²) in [5.41, 5.74) is 0. The number of fused-ring (bicyclic) bond motifs is 1. The van der Waals surface area contributed by atoms with Crippen molar-refractivity contribution >= 4 is 44.0 Å². The lowest BCUT2D eigenvalue weighted by molar-refractivity contribution is 0.145. The van der Waals surface area contributed by atoms with Crippen molar-refractivity contribution in [1.82, 2.24) is 14.6 Å². The highest BCUT2D eigenvalue weighted by molar-refractivity contribution is 14.1. The zero-order valence-corrected chi connectivity index (χ0v) is 11.5. The lowest BCUT2D eigenvalue weighted by Gasteiger charge is -2.28. The van der Waals surface area contributed by atoms with Crippen LogP contribution in [-0.4, -0.2) is 38.9 Å². The van der Waals surface area contributed by atoms with Crippen molar-refractivity contribution in [2.75, 3.05) is 18.0 Å². The molecule has 0 aliphatic carbocycles. The monoisotopic (exact) mass is 350 g/mol. The Morgan fingerprint density at radius 1 is 1.44 bits per heavy atom. The number of rotatable bonds is 1. The summed E-state index contributed by atoms with van der Waals surface area (Å²) in [6.07, 6.45) is 3.45. The molecule has 0 radical (unpaired) electrons. The molecule has 3 heterocycles. The Hall–Kier alpha value is -0.410. The highest BCUT2D eigenvalue weighted by Crippen LogP contribution is 2.26. The summed E-state index contributed by atoms with van der Waals surface area (Å²) in [6, 6.07) is 0. The predicted octanol–water partition coefficient (Wildman–Crippen LogP) is 1.36. The first-order valence-electron chi connectivity index (χ1n) is 5.17. The number of imidazole rings is 1. The van der Waals surface area contributed by atoms with Crippen LogP contribution in [0.3, 0.4) is 0 Å². The number of hydrogen-bond donors (Lipinski definition) is 1. The van der Waals surface area contributed by atoms with Crippen LogP contribution in [0.1, 0.15) is 12.8 Å². The summed E-state index contributed by atoms with van der Waals surface area (Å²) in [6.45, 7) is 1.77. The summed E-state index contributed by atoms with van der Waals surface area (Å²) in [7, 11) is 0. The third-order valence-corrected chi connectivity index (χ3v) is 4.24. The van der Waals surface area contributed by atoms with E-state index in [2.05, 4.69) is 37.6 Å². The van der Waals surface area contributed by atoms with Gasteiger partial charge in [0.1, 0.15) is 3.70 Å². The molecule has 1 saturated heterocycles. The summed E-state index contributed by atoms with van der Waals surface area (Å²) in [4.78, 5) is 7.53. The SMILES string of the molecule is OC1CCN(c2nn3cc(I)nc3s2)CC1. The van der Waals surface area contributed by atoms with Gasteiger partial charge in [-0.15, -0.1) is 5.10 Å². The van der Waals surface area contributed by atoms with Gasteiger partial charge in [0.05, 0.1) is 12.3 Å². The number of anilines is 1. The number of aliphatic hydroxyl groups is 1. The Morgan fingerprint density at radius 3 is 2.88 bits per heavy atom. The Morgan fingerprint density at radius 2 is 2.19 bits per heavy atom. The standard InChI is InChI=1S/C9H11IN4OS/c10-7-5-14-8(11-7)16-9(12-14)13-3-1-6(15)2-4-13/h5-6,15H,1-4H2. The topological polar surface area (TPSA) is 53.7 Å². The normalized spacial score (nSPS) is 18.5. The number of hydrogen-bond acceptors (Lipinski definition) is 5. The molecule has 5 nitrogen and oxygen atoms in total. The first-order chi connectivity index (χ1) is 7.72. The van der Waals surface area contributed by atoms with Crippen LogP contribution in [0.4, 0.5) is 5.13 Å². The summed E-state index contributed by atoms with van der Waals surface area (Å²) < 4.78 is 2.80. The van der Waals surface area contributed by atoms with Gasteiger partial charge in [0, 0.05) is 13.1 Å². The average molecular weight is 350 g/mol. The molecule has 1 fully saturated rings. The van der Waals surface area contributed by atoms with E-state index in [4.69, 9.17) is 0 Å². The van der Waals surface area contributed by atoms with Crippen LogP contribution >= 0.6 is 33.9 Å². The zero-order chi connectivity index (χ0) is 11.1. The maximum atomic E-state index is 9.45. The smallest absolute Gasteiger partial charge is 0.214 e. The predicted molar refractivity (Wildman–Crippen MR) is 71.0 cm³/mol. The second kappa shape index (κ2) is 4.11. The zero-order valence-electron chi connectivity index (χ0n) is 8.51. The van der Waals surface area contributed by atoms with Gasteiger partial charge in [-0.1, -0.05) is 11.3 Å². The van der Waals surface area contributed by atoms with Crippen molar-refractivity contribution in [3.63, 3.8) is 0 Å². The number of halogens is 1. The van der Waals surface area contributed by atoms with E-state index >= 15 is 0 Å². The Balaban J connectivity index is 1.85. The minimum Gasteiger partial charge on any atom is -0.393 e. The van der Waals surface area contributed by atoms with E-state index < -0.39 is 0 Å². The van der Waals surface area contributed by atoms with Crippen molar-refractivity contribution in [3.05, 3.63) is 9.90 Å². The van der Waals surface area contributed by atoms with E-state index in [1.165, 1.54) is 0 Å². The Labute approximate surface area is 110 Å². The number of aliphatic hydroxyl groups excluding tert-OH is 1. The van der Waals surface area contributed by atoms with Crippen LogP contribution in [0.15, 0.2) is 6.20 Å².